The van der Waals surface area contributed by atoms with E-state index >= 15 is 0 Å². The number of benzene rings is 1. The number of sulfonamides is 1. The standard InChI is InChI=1S/C15H18N2O6S/c1-9(2)17-15(21)11-6-5-10(8-12(11)24(17,22)23)14(20)16-7-3-4-13(18)19/h5-6,8-9H,3-4,7H2,1-2H3,(H,16,20)(H,18,19). The van der Waals surface area contributed by atoms with Crippen LogP contribution < -0.4 is 5.32 Å². The summed E-state index contributed by atoms with van der Waals surface area (Å²) >= 11 is 0. The highest BCUT2D eigenvalue weighted by atomic mass is 32.2. The number of carbonyl (C=O) groups is 3. The van der Waals surface area contributed by atoms with E-state index < -0.39 is 33.8 Å². The number of aliphatic carboxylic acids is 1. The van der Waals surface area contributed by atoms with Crippen LogP contribution in [-0.4, -0.2) is 48.2 Å². The summed E-state index contributed by atoms with van der Waals surface area (Å²) in [5.74, 6) is -2.08. The Morgan fingerprint density at radius 3 is 2.54 bits per heavy atom. The lowest BCUT2D eigenvalue weighted by molar-refractivity contribution is -0.137. The topological polar surface area (TPSA) is 121 Å². The smallest absolute Gasteiger partial charge is 0.303 e. The van der Waals surface area contributed by atoms with Gasteiger partial charge in [0.05, 0.1) is 5.56 Å². The van der Waals surface area contributed by atoms with Crippen molar-refractivity contribution in [1.29, 1.82) is 0 Å². The van der Waals surface area contributed by atoms with E-state index in [1.165, 1.54) is 18.2 Å². The van der Waals surface area contributed by atoms with Crippen LogP contribution in [0.25, 0.3) is 0 Å². The summed E-state index contributed by atoms with van der Waals surface area (Å²) in [6.07, 6.45) is 0.195. The van der Waals surface area contributed by atoms with Crippen molar-refractivity contribution in [3.8, 4) is 0 Å². The van der Waals surface area contributed by atoms with Crippen molar-refractivity contribution in [1.82, 2.24) is 9.62 Å². The monoisotopic (exact) mass is 354 g/mol. The molecule has 2 amide bonds. The number of rotatable bonds is 6. The summed E-state index contributed by atoms with van der Waals surface area (Å²) in [6, 6.07) is 3.35. The highest BCUT2D eigenvalue weighted by Gasteiger charge is 2.42. The van der Waals surface area contributed by atoms with Gasteiger partial charge in [-0.15, -0.1) is 0 Å². The largest absolute Gasteiger partial charge is 0.481 e. The third kappa shape index (κ3) is 3.25. The highest BCUT2D eigenvalue weighted by Crippen LogP contribution is 2.32. The first-order valence-electron chi connectivity index (χ1n) is 7.39. The molecule has 1 heterocycles. The van der Waals surface area contributed by atoms with E-state index in [0.717, 1.165) is 4.31 Å². The van der Waals surface area contributed by atoms with Gasteiger partial charge in [0.2, 0.25) is 0 Å². The molecule has 1 aromatic rings. The van der Waals surface area contributed by atoms with Crippen LogP contribution in [0, 0.1) is 0 Å². The fourth-order valence-corrected chi connectivity index (χ4v) is 4.24. The van der Waals surface area contributed by atoms with Crippen LogP contribution >= 0.6 is 0 Å². The maximum Gasteiger partial charge on any atom is 0.303 e. The molecule has 0 unspecified atom stereocenters. The van der Waals surface area contributed by atoms with E-state index in [9.17, 15) is 22.8 Å². The molecule has 2 rings (SSSR count). The van der Waals surface area contributed by atoms with Gasteiger partial charge in [0.1, 0.15) is 4.90 Å². The molecule has 0 aliphatic carbocycles. The molecule has 0 saturated heterocycles. The number of nitrogens with zero attached hydrogens (tertiary/aromatic N) is 1. The molecule has 1 aliphatic heterocycles. The van der Waals surface area contributed by atoms with Gasteiger partial charge in [-0.3, -0.25) is 14.4 Å². The first kappa shape index (κ1) is 17.9. The van der Waals surface area contributed by atoms with Crippen LogP contribution in [0.15, 0.2) is 23.1 Å². The Kier molecular flexibility index (Phi) is 4.93. The van der Waals surface area contributed by atoms with Gasteiger partial charge in [-0.25, -0.2) is 12.7 Å². The quantitative estimate of drug-likeness (QED) is 0.730. The zero-order valence-electron chi connectivity index (χ0n) is 13.3. The van der Waals surface area contributed by atoms with Crippen molar-refractivity contribution in [3.63, 3.8) is 0 Å². The molecule has 8 nitrogen and oxygen atoms in total. The maximum atomic E-state index is 12.5. The molecule has 0 fully saturated rings. The minimum atomic E-state index is -3.96. The number of amides is 2. The van der Waals surface area contributed by atoms with Crippen LogP contribution in [0.2, 0.25) is 0 Å². The molecule has 0 bridgehead atoms. The summed E-state index contributed by atoms with van der Waals surface area (Å²) in [4.78, 5) is 34.5. The highest BCUT2D eigenvalue weighted by molar-refractivity contribution is 7.90. The van der Waals surface area contributed by atoms with E-state index in [4.69, 9.17) is 5.11 Å². The summed E-state index contributed by atoms with van der Waals surface area (Å²) in [5.41, 5.74) is 0.150. The minimum absolute atomic E-state index is 0.0473. The van der Waals surface area contributed by atoms with Gasteiger partial charge in [0.15, 0.2) is 0 Å². The Morgan fingerprint density at radius 2 is 1.96 bits per heavy atom. The first-order valence-corrected chi connectivity index (χ1v) is 8.83. The van der Waals surface area contributed by atoms with Gasteiger partial charge in [-0.1, -0.05) is 0 Å². The molecule has 2 N–H and O–H groups in total. The second-order valence-electron chi connectivity index (χ2n) is 5.66. The summed E-state index contributed by atoms with van der Waals surface area (Å²) in [5, 5.41) is 11.1. The second-order valence-corrected chi connectivity index (χ2v) is 7.45. The van der Waals surface area contributed by atoms with Crippen LogP contribution in [0.3, 0.4) is 0 Å². The molecule has 24 heavy (non-hydrogen) atoms. The number of carboxylic acid groups (broad SMARTS) is 1. The van der Waals surface area contributed by atoms with E-state index in [-0.39, 0.29) is 35.4 Å². The number of hydrogen-bond donors (Lipinski definition) is 2. The lowest BCUT2D eigenvalue weighted by Crippen LogP contribution is -2.36. The normalized spacial score (nSPS) is 15.5. The zero-order chi connectivity index (χ0) is 18.1. The molecular formula is C15H18N2O6S. The molecule has 0 atom stereocenters. The molecule has 0 saturated carbocycles. The number of fused-ring (bicyclic) bond motifs is 1. The average Bonchev–Trinajstić information content (AvgIpc) is 2.69. The van der Waals surface area contributed by atoms with Crippen LogP contribution in [0.5, 0.6) is 0 Å². The molecule has 9 heteroatoms. The van der Waals surface area contributed by atoms with Crippen molar-refractivity contribution in [2.45, 2.75) is 37.6 Å². The molecule has 1 aromatic carbocycles. The predicted molar refractivity (Wildman–Crippen MR) is 84.1 cm³/mol. The Balaban J connectivity index is 2.21. The van der Waals surface area contributed by atoms with Crippen LogP contribution in [-0.2, 0) is 14.8 Å². The van der Waals surface area contributed by atoms with Gasteiger partial charge in [-0.2, -0.15) is 0 Å². The molecule has 0 radical (unpaired) electrons. The maximum absolute atomic E-state index is 12.5. The Bertz CT molecular complexity index is 800. The lowest BCUT2D eigenvalue weighted by Gasteiger charge is -2.18. The summed E-state index contributed by atoms with van der Waals surface area (Å²) in [6.45, 7) is 3.35. The summed E-state index contributed by atoms with van der Waals surface area (Å²) < 4.78 is 25.7. The first-order chi connectivity index (χ1) is 11.2. The van der Waals surface area contributed by atoms with Crippen molar-refractivity contribution in [2.75, 3.05) is 6.54 Å². The lowest BCUT2D eigenvalue weighted by atomic mass is 10.1. The van der Waals surface area contributed by atoms with E-state index in [0.29, 0.717) is 0 Å². The number of carboxylic acids is 1. The van der Waals surface area contributed by atoms with Gasteiger partial charge < -0.3 is 10.4 Å². The van der Waals surface area contributed by atoms with Crippen molar-refractivity contribution >= 4 is 27.8 Å². The van der Waals surface area contributed by atoms with Gasteiger partial charge in [0.25, 0.3) is 21.8 Å². The molecule has 0 aromatic heterocycles. The van der Waals surface area contributed by atoms with E-state index in [1.807, 2.05) is 0 Å². The Labute approximate surface area is 139 Å². The van der Waals surface area contributed by atoms with Gasteiger partial charge in [-0.05, 0) is 38.5 Å². The van der Waals surface area contributed by atoms with Crippen molar-refractivity contribution < 1.29 is 27.9 Å². The van der Waals surface area contributed by atoms with Crippen LogP contribution in [0.4, 0.5) is 0 Å². The molecule has 1 aliphatic rings. The SMILES string of the molecule is CC(C)N1C(=O)c2ccc(C(=O)NCCCC(=O)O)cc2S1(=O)=O. The Hall–Kier alpha value is -2.42. The van der Waals surface area contributed by atoms with E-state index in [1.54, 1.807) is 13.8 Å². The van der Waals surface area contributed by atoms with Crippen molar-refractivity contribution in [2.24, 2.45) is 0 Å². The third-order valence-electron chi connectivity index (χ3n) is 3.53. The van der Waals surface area contributed by atoms with Crippen LogP contribution in [0.1, 0.15) is 47.4 Å². The van der Waals surface area contributed by atoms with Crippen molar-refractivity contribution in [3.05, 3.63) is 29.3 Å². The number of hydrogen-bond acceptors (Lipinski definition) is 5. The molecule has 130 valence electrons. The zero-order valence-corrected chi connectivity index (χ0v) is 14.1. The average molecular weight is 354 g/mol. The molecule has 0 spiro atoms. The van der Waals surface area contributed by atoms with Gasteiger partial charge in [0, 0.05) is 24.6 Å². The minimum Gasteiger partial charge on any atom is -0.481 e. The Morgan fingerprint density at radius 1 is 1.29 bits per heavy atom. The number of nitrogens with one attached hydrogen (secondary N) is 1. The number of carbonyl (C=O) groups excluding carboxylic acids is 2. The fraction of sp³-hybridized carbons (Fsp3) is 0.400. The fourth-order valence-electron chi connectivity index (χ4n) is 2.44. The van der Waals surface area contributed by atoms with Gasteiger partial charge >= 0.3 is 5.97 Å². The summed E-state index contributed by atoms with van der Waals surface area (Å²) in [7, 11) is -3.96. The predicted octanol–water partition coefficient (Wildman–Crippen LogP) is 0.834. The third-order valence-corrected chi connectivity index (χ3v) is 5.53. The second kappa shape index (κ2) is 6.60. The van der Waals surface area contributed by atoms with E-state index in [2.05, 4.69) is 5.32 Å². The molecular weight excluding hydrogens is 336 g/mol.